The lowest BCUT2D eigenvalue weighted by atomic mass is 10.1. The molecule has 122 valence electrons. The minimum Gasteiger partial charge on any atom is -0.494 e. The van der Waals surface area contributed by atoms with E-state index >= 15 is 0 Å². The van der Waals surface area contributed by atoms with Crippen LogP contribution in [0.1, 0.15) is 22.8 Å². The van der Waals surface area contributed by atoms with Crippen molar-refractivity contribution in [2.75, 3.05) is 6.61 Å². The molecule has 1 aromatic carbocycles. The van der Waals surface area contributed by atoms with Crippen LogP contribution in [0.15, 0.2) is 45.5 Å². The zero-order valence-corrected chi connectivity index (χ0v) is 13.6. The predicted molar refractivity (Wildman–Crippen MR) is 93.8 cm³/mol. The van der Waals surface area contributed by atoms with Gasteiger partial charge in [0.2, 0.25) is 5.88 Å². The number of rotatable bonds is 4. The third-order valence-corrected chi connectivity index (χ3v) is 4.22. The van der Waals surface area contributed by atoms with Crippen molar-refractivity contribution in [3.8, 4) is 5.88 Å². The van der Waals surface area contributed by atoms with Crippen LogP contribution in [0.2, 0.25) is 0 Å². The second-order valence-electron chi connectivity index (χ2n) is 4.88. The van der Waals surface area contributed by atoms with Gasteiger partial charge in [0.15, 0.2) is 0 Å². The quantitative estimate of drug-likeness (QED) is 0.562. The van der Waals surface area contributed by atoms with Gasteiger partial charge in [0.1, 0.15) is 5.00 Å². The number of aliphatic imine (C=N–C) groups is 1. The lowest BCUT2D eigenvalue weighted by Crippen LogP contribution is -2.07. The lowest BCUT2D eigenvalue weighted by molar-refractivity contribution is 0.0528. The summed E-state index contributed by atoms with van der Waals surface area (Å²) in [7, 11) is 0. The highest BCUT2D eigenvalue weighted by Crippen LogP contribution is 2.28. The number of ether oxygens (including phenoxy) is 1. The van der Waals surface area contributed by atoms with Gasteiger partial charge in [-0.05, 0) is 24.4 Å². The van der Waals surface area contributed by atoms with E-state index < -0.39 is 5.97 Å². The second kappa shape index (κ2) is 6.67. The molecule has 0 amide bonds. The van der Waals surface area contributed by atoms with Crippen LogP contribution in [0.5, 0.6) is 5.88 Å². The van der Waals surface area contributed by atoms with Crippen molar-refractivity contribution in [2.24, 2.45) is 4.99 Å². The van der Waals surface area contributed by atoms with E-state index in [1.807, 2.05) is 0 Å². The molecule has 7 heteroatoms. The van der Waals surface area contributed by atoms with Crippen LogP contribution >= 0.6 is 11.3 Å². The van der Waals surface area contributed by atoms with Crippen molar-refractivity contribution < 1.29 is 14.6 Å². The van der Waals surface area contributed by atoms with E-state index in [4.69, 9.17) is 4.74 Å². The summed E-state index contributed by atoms with van der Waals surface area (Å²) in [6.07, 6.45) is 1.43. The van der Waals surface area contributed by atoms with Gasteiger partial charge in [0.05, 0.1) is 17.7 Å². The molecule has 0 aliphatic carbocycles. The zero-order chi connectivity index (χ0) is 17.1. The normalized spacial score (nSPS) is 11.2. The van der Waals surface area contributed by atoms with E-state index in [1.165, 1.54) is 17.6 Å². The number of thiophene rings is 1. The topological polar surface area (TPSA) is 91.8 Å². The summed E-state index contributed by atoms with van der Waals surface area (Å²) >= 11 is 1.29. The van der Waals surface area contributed by atoms with Crippen LogP contribution in [0.3, 0.4) is 0 Å². The zero-order valence-electron chi connectivity index (χ0n) is 12.8. The number of aromatic nitrogens is 1. The number of fused-ring (bicyclic) bond motifs is 1. The molecular formula is C17H14N2O4S. The van der Waals surface area contributed by atoms with Crippen LogP contribution in [-0.4, -0.2) is 28.9 Å². The number of benzene rings is 1. The molecule has 0 unspecified atom stereocenters. The first-order chi connectivity index (χ1) is 11.6. The smallest absolute Gasteiger partial charge is 0.341 e. The number of nitrogens with one attached hydrogen (secondary N) is 1. The van der Waals surface area contributed by atoms with E-state index in [-0.39, 0.29) is 18.0 Å². The molecule has 0 atom stereocenters. The van der Waals surface area contributed by atoms with Gasteiger partial charge in [0.25, 0.3) is 5.56 Å². The first-order valence-corrected chi connectivity index (χ1v) is 8.12. The molecule has 0 aliphatic rings. The molecule has 2 N–H and O–H groups in total. The number of carbonyl (C=O) groups is 1. The fourth-order valence-corrected chi connectivity index (χ4v) is 3.03. The Hall–Kier alpha value is -2.93. The monoisotopic (exact) mass is 342 g/mol. The highest BCUT2D eigenvalue weighted by molar-refractivity contribution is 7.14. The largest absolute Gasteiger partial charge is 0.494 e. The van der Waals surface area contributed by atoms with Crippen molar-refractivity contribution >= 4 is 39.3 Å². The van der Waals surface area contributed by atoms with Crippen molar-refractivity contribution in [3.05, 3.63) is 57.2 Å². The lowest BCUT2D eigenvalue weighted by Gasteiger charge is -2.04. The minimum absolute atomic E-state index is 0.267. The Labute approximate surface area is 141 Å². The number of H-pyrrole nitrogens is 1. The Balaban J connectivity index is 2.05. The predicted octanol–water partition coefficient (Wildman–Crippen LogP) is 3.22. The van der Waals surface area contributed by atoms with Crippen molar-refractivity contribution in [3.63, 3.8) is 0 Å². The maximum Gasteiger partial charge on any atom is 0.341 e. The highest BCUT2D eigenvalue weighted by Gasteiger charge is 2.14. The van der Waals surface area contributed by atoms with Crippen molar-refractivity contribution in [2.45, 2.75) is 6.92 Å². The van der Waals surface area contributed by atoms with E-state index in [0.717, 1.165) is 0 Å². The van der Waals surface area contributed by atoms with Gasteiger partial charge in [-0.25, -0.2) is 9.79 Å². The molecule has 0 spiro atoms. The summed E-state index contributed by atoms with van der Waals surface area (Å²) in [5.74, 6) is -0.710. The Morgan fingerprint density at radius 1 is 1.33 bits per heavy atom. The molecule has 0 saturated carbocycles. The maximum atomic E-state index is 11.9. The number of esters is 1. The molecule has 0 radical (unpaired) electrons. The maximum absolute atomic E-state index is 11.9. The average Bonchev–Trinajstić information content (AvgIpc) is 3.03. The van der Waals surface area contributed by atoms with Crippen LogP contribution in [0.25, 0.3) is 10.8 Å². The molecule has 2 aromatic heterocycles. The molecule has 0 bridgehead atoms. The highest BCUT2D eigenvalue weighted by atomic mass is 32.1. The summed E-state index contributed by atoms with van der Waals surface area (Å²) in [5, 5.41) is 13.3. The molecule has 0 saturated heterocycles. The van der Waals surface area contributed by atoms with Gasteiger partial charge in [-0.1, -0.05) is 18.2 Å². The number of hydrogen-bond donors (Lipinski definition) is 2. The standard InChI is InChI=1S/C17H14N2O4S/c1-2-23-17(22)12-7-8-24-16(12)18-9-13-10-5-3-4-6-11(10)14(20)19-15(13)21/h3-9H,2H2,1H3,(H2,19,20,21). The first kappa shape index (κ1) is 15.9. The summed E-state index contributed by atoms with van der Waals surface area (Å²) in [4.78, 5) is 30.4. The molecule has 0 aliphatic heterocycles. The molecule has 3 rings (SSSR count). The first-order valence-electron chi connectivity index (χ1n) is 7.24. The van der Waals surface area contributed by atoms with Gasteiger partial charge < -0.3 is 9.84 Å². The summed E-state index contributed by atoms with van der Waals surface area (Å²) < 4.78 is 4.99. The summed E-state index contributed by atoms with van der Waals surface area (Å²) in [6, 6.07) is 8.55. The minimum atomic E-state index is -0.443. The number of hydrogen-bond acceptors (Lipinski definition) is 6. The van der Waals surface area contributed by atoms with E-state index in [0.29, 0.717) is 26.9 Å². The van der Waals surface area contributed by atoms with E-state index in [1.54, 1.807) is 42.6 Å². The van der Waals surface area contributed by atoms with E-state index in [9.17, 15) is 14.7 Å². The number of nitrogens with zero attached hydrogens (tertiary/aromatic N) is 1. The van der Waals surface area contributed by atoms with Gasteiger partial charge in [-0.3, -0.25) is 9.78 Å². The second-order valence-corrected chi connectivity index (χ2v) is 5.77. The number of carbonyl (C=O) groups excluding carboxylic acids is 1. The third-order valence-electron chi connectivity index (χ3n) is 3.40. The fraction of sp³-hybridized carbons (Fsp3) is 0.118. The van der Waals surface area contributed by atoms with Crippen molar-refractivity contribution in [1.29, 1.82) is 0 Å². The number of aromatic amines is 1. The third kappa shape index (κ3) is 2.93. The van der Waals surface area contributed by atoms with Crippen LogP contribution in [-0.2, 0) is 4.74 Å². The van der Waals surface area contributed by atoms with Crippen LogP contribution in [0, 0.1) is 0 Å². The number of aromatic hydroxyl groups is 1. The van der Waals surface area contributed by atoms with Gasteiger partial charge in [-0.15, -0.1) is 11.3 Å². The van der Waals surface area contributed by atoms with E-state index in [2.05, 4.69) is 9.98 Å². The van der Waals surface area contributed by atoms with Crippen LogP contribution < -0.4 is 5.56 Å². The van der Waals surface area contributed by atoms with Gasteiger partial charge in [0, 0.05) is 17.0 Å². The van der Waals surface area contributed by atoms with Crippen molar-refractivity contribution in [1.82, 2.24) is 4.98 Å². The molecule has 2 heterocycles. The fourth-order valence-electron chi connectivity index (χ4n) is 2.31. The molecule has 0 fully saturated rings. The Morgan fingerprint density at radius 2 is 2.08 bits per heavy atom. The molecule has 6 nitrogen and oxygen atoms in total. The van der Waals surface area contributed by atoms with Crippen LogP contribution in [0.4, 0.5) is 5.00 Å². The SMILES string of the molecule is CCOC(=O)c1ccsc1N=Cc1c(O)[nH]c(=O)c2ccccc12. The number of pyridine rings is 1. The average molecular weight is 342 g/mol. The summed E-state index contributed by atoms with van der Waals surface area (Å²) in [6.45, 7) is 2.01. The summed E-state index contributed by atoms with van der Waals surface area (Å²) in [5.41, 5.74) is 0.378. The Morgan fingerprint density at radius 3 is 2.83 bits per heavy atom. The molecule has 3 aromatic rings. The van der Waals surface area contributed by atoms with Gasteiger partial charge in [-0.2, -0.15) is 0 Å². The molecular weight excluding hydrogens is 328 g/mol. The molecule has 24 heavy (non-hydrogen) atoms. The Kier molecular flexibility index (Phi) is 4.43. The Bertz CT molecular complexity index is 988. The van der Waals surface area contributed by atoms with Gasteiger partial charge >= 0.3 is 5.97 Å².